The molecular weight excluding hydrogens is 260 g/mol. The number of amides is 1. The first-order chi connectivity index (χ1) is 9.04. The Hall–Kier alpha value is -1.22. The van der Waals surface area contributed by atoms with Crippen LogP contribution >= 0.6 is 11.6 Å². The zero-order valence-corrected chi connectivity index (χ0v) is 12.3. The summed E-state index contributed by atoms with van der Waals surface area (Å²) in [6, 6.07) is 6.23. The van der Waals surface area contributed by atoms with Gasteiger partial charge >= 0.3 is 0 Å². The average molecular weight is 281 g/mol. The number of benzene rings is 1. The Labute approximate surface area is 119 Å². The summed E-state index contributed by atoms with van der Waals surface area (Å²) >= 11 is 6.16. The third-order valence-corrected chi connectivity index (χ3v) is 3.98. The summed E-state index contributed by atoms with van der Waals surface area (Å²) in [6.45, 7) is 3.79. The van der Waals surface area contributed by atoms with Crippen LogP contribution in [0.3, 0.4) is 0 Å². The van der Waals surface area contributed by atoms with Crippen molar-refractivity contribution >= 4 is 28.9 Å². The number of carbonyl (C=O) groups is 1. The molecule has 2 rings (SSSR count). The van der Waals surface area contributed by atoms with Crippen molar-refractivity contribution in [2.45, 2.75) is 45.6 Å². The van der Waals surface area contributed by atoms with Crippen LogP contribution in [0.4, 0.5) is 11.4 Å². The van der Waals surface area contributed by atoms with E-state index in [0.717, 1.165) is 11.6 Å². The van der Waals surface area contributed by atoms with Gasteiger partial charge in [0.2, 0.25) is 5.91 Å². The van der Waals surface area contributed by atoms with Crippen molar-refractivity contribution in [3.63, 3.8) is 0 Å². The highest BCUT2D eigenvalue weighted by atomic mass is 35.5. The van der Waals surface area contributed by atoms with Gasteiger partial charge in [0.15, 0.2) is 0 Å². The highest BCUT2D eigenvalue weighted by molar-refractivity contribution is 6.34. The van der Waals surface area contributed by atoms with E-state index in [2.05, 4.69) is 17.6 Å². The fraction of sp³-hybridized carbons (Fsp3) is 0.533. The second-order valence-corrected chi connectivity index (χ2v) is 5.88. The Morgan fingerprint density at radius 1 is 1.26 bits per heavy atom. The molecule has 0 aromatic heterocycles. The molecule has 1 amide bonds. The van der Waals surface area contributed by atoms with Crippen molar-refractivity contribution < 1.29 is 4.79 Å². The number of rotatable bonds is 3. The molecule has 0 radical (unpaired) electrons. The van der Waals surface area contributed by atoms with E-state index in [1.165, 1.54) is 32.6 Å². The van der Waals surface area contributed by atoms with Crippen molar-refractivity contribution in [1.29, 1.82) is 0 Å². The van der Waals surface area contributed by atoms with Gasteiger partial charge < -0.3 is 10.6 Å². The molecule has 1 aliphatic carbocycles. The third-order valence-electron chi connectivity index (χ3n) is 3.67. The van der Waals surface area contributed by atoms with Crippen LogP contribution in [0.1, 0.15) is 39.5 Å². The molecule has 1 fully saturated rings. The highest BCUT2D eigenvalue weighted by Gasteiger charge is 2.18. The maximum Gasteiger partial charge on any atom is 0.221 e. The Bertz CT molecular complexity index is 453. The molecule has 1 aromatic rings. The van der Waals surface area contributed by atoms with Gasteiger partial charge in [-0.1, -0.05) is 18.5 Å². The lowest BCUT2D eigenvalue weighted by Crippen LogP contribution is -2.25. The highest BCUT2D eigenvalue weighted by Crippen LogP contribution is 2.29. The zero-order chi connectivity index (χ0) is 13.8. The predicted octanol–water partition coefficient (Wildman–Crippen LogP) is 4.29. The quantitative estimate of drug-likeness (QED) is 0.867. The Morgan fingerprint density at radius 2 is 1.95 bits per heavy atom. The molecule has 4 heteroatoms. The van der Waals surface area contributed by atoms with Crippen molar-refractivity contribution in [2.24, 2.45) is 5.92 Å². The molecule has 0 saturated heterocycles. The molecule has 1 saturated carbocycles. The van der Waals surface area contributed by atoms with Crippen LogP contribution in [-0.2, 0) is 4.79 Å². The van der Waals surface area contributed by atoms with Gasteiger partial charge in [0.1, 0.15) is 0 Å². The largest absolute Gasteiger partial charge is 0.382 e. The summed E-state index contributed by atoms with van der Waals surface area (Å²) in [4.78, 5) is 11.0. The molecule has 3 nitrogen and oxygen atoms in total. The van der Waals surface area contributed by atoms with Crippen LogP contribution < -0.4 is 10.6 Å². The average Bonchev–Trinajstić information content (AvgIpc) is 2.35. The minimum Gasteiger partial charge on any atom is -0.382 e. The van der Waals surface area contributed by atoms with E-state index in [1.54, 1.807) is 0 Å². The summed E-state index contributed by atoms with van der Waals surface area (Å²) in [7, 11) is 0. The van der Waals surface area contributed by atoms with Crippen LogP contribution in [0, 0.1) is 5.92 Å². The first-order valence-corrected chi connectivity index (χ1v) is 7.26. The fourth-order valence-corrected chi connectivity index (χ4v) is 2.76. The first kappa shape index (κ1) is 14.2. The molecule has 2 N–H and O–H groups in total. The molecule has 0 bridgehead atoms. The summed E-state index contributed by atoms with van der Waals surface area (Å²) in [6.07, 6.45) is 5.00. The standard InChI is InChI=1S/C15H21ClN2O/c1-10-3-5-12(6-4-10)18-13-7-8-15(14(16)9-13)17-11(2)19/h7-10,12,18H,3-6H2,1-2H3,(H,17,19). The van der Waals surface area contributed by atoms with Crippen LogP contribution in [0.15, 0.2) is 18.2 Å². The Balaban J connectivity index is 1.98. The summed E-state index contributed by atoms with van der Waals surface area (Å²) in [5.41, 5.74) is 1.69. The molecule has 0 aliphatic heterocycles. The van der Waals surface area contributed by atoms with E-state index in [-0.39, 0.29) is 5.91 Å². The maximum absolute atomic E-state index is 11.0. The number of halogens is 1. The Kier molecular flexibility index (Phi) is 4.70. The van der Waals surface area contributed by atoms with Gasteiger partial charge in [0.25, 0.3) is 0 Å². The van der Waals surface area contributed by atoms with Crippen molar-refractivity contribution in [3.8, 4) is 0 Å². The molecular formula is C15H21ClN2O. The van der Waals surface area contributed by atoms with Gasteiger partial charge in [-0.05, 0) is 49.8 Å². The maximum atomic E-state index is 11.0. The monoisotopic (exact) mass is 280 g/mol. The number of anilines is 2. The zero-order valence-electron chi connectivity index (χ0n) is 11.5. The molecule has 104 valence electrons. The van der Waals surface area contributed by atoms with Crippen molar-refractivity contribution in [3.05, 3.63) is 23.2 Å². The van der Waals surface area contributed by atoms with Crippen LogP contribution in [0.2, 0.25) is 5.02 Å². The van der Waals surface area contributed by atoms with E-state index in [1.807, 2.05) is 18.2 Å². The number of hydrogen-bond donors (Lipinski definition) is 2. The van der Waals surface area contributed by atoms with Crippen LogP contribution in [-0.4, -0.2) is 11.9 Å². The molecule has 0 spiro atoms. The fourth-order valence-electron chi connectivity index (χ4n) is 2.54. The lowest BCUT2D eigenvalue weighted by molar-refractivity contribution is -0.114. The second kappa shape index (κ2) is 6.29. The van der Waals surface area contributed by atoms with Gasteiger partial charge in [-0.2, -0.15) is 0 Å². The molecule has 0 unspecified atom stereocenters. The van der Waals surface area contributed by atoms with Gasteiger partial charge in [-0.25, -0.2) is 0 Å². The van der Waals surface area contributed by atoms with E-state index in [4.69, 9.17) is 11.6 Å². The number of nitrogens with one attached hydrogen (secondary N) is 2. The number of carbonyl (C=O) groups excluding carboxylic acids is 1. The van der Waals surface area contributed by atoms with E-state index in [0.29, 0.717) is 16.8 Å². The minimum absolute atomic E-state index is 0.108. The smallest absolute Gasteiger partial charge is 0.221 e. The van der Waals surface area contributed by atoms with Gasteiger partial charge in [0.05, 0.1) is 10.7 Å². The third kappa shape index (κ3) is 4.13. The molecule has 1 aliphatic rings. The lowest BCUT2D eigenvalue weighted by atomic mass is 9.87. The van der Waals surface area contributed by atoms with Crippen LogP contribution in [0.25, 0.3) is 0 Å². The van der Waals surface area contributed by atoms with E-state index >= 15 is 0 Å². The van der Waals surface area contributed by atoms with Crippen molar-refractivity contribution in [1.82, 2.24) is 0 Å². The van der Waals surface area contributed by atoms with Crippen LogP contribution in [0.5, 0.6) is 0 Å². The summed E-state index contributed by atoms with van der Waals surface area (Å²) in [5, 5.41) is 6.81. The first-order valence-electron chi connectivity index (χ1n) is 6.88. The predicted molar refractivity (Wildman–Crippen MR) is 80.8 cm³/mol. The SMILES string of the molecule is CC(=O)Nc1ccc(NC2CCC(C)CC2)cc1Cl. The van der Waals surface area contributed by atoms with Crippen molar-refractivity contribution in [2.75, 3.05) is 10.6 Å². The normalized spacial score (nSPS) is 22.9. The molecule has 19 heavy (non-hydrogen) atoms. The summed E-state index contributed by atoms with van der Waals surface area (Å²) < 4.78 is 0. The topological polar surface area (TPSA) is 41.1 Å². The lowest BCUT2D eigenvalue weighted by Gasteiger charge is -2.27. The minimum atomic E-state index is -0.108. The molecule has 0 atom stereocenters. The second-order valence-electron chi connectivity index (χ2n) is 5.48. The van der Waals surface area contributed by atoms with Gasteiger partial charge in [0, 0.05) is 18.7 Å². The number of hydrogen-bond acceptors (Lipinski definition) is 2. The van der Waals surface area contributed by atoms with Gasteiger partial charge in [-0.15, -0.1) is 0 Å². The Morgan fingerprint density at radius 3 is 2.53 bits per heavy atom. The molecule has 0 heterocycles. The molecule has 1 aromatic carbocycles. The van der Waals surface area contributed by atoms with E-state index in [9.17, 15) is 4.79 Å². The van der Waals surface area contributed by atoms with E-state index < -0.39 is 0 Å². The van der Waals surface area contributed by atoms with Gasteiger partial charge in [-0.3, -0.25) is 4.79 Å². The summed E-state index contributed by atoms with van der Waals surface area (Å²) in [5.74, 6) is 0.743.